The van der Waals surface area contributed by atoms with E-state index in [9.17, 15) is 0 Å². The van der Waals surface area contributed by atoms with Crippen LogP contribution in [0.1, 0.15) is 39.5 Å². The number of guanidine groups is 1. The zero-order chi connectivity index (χ0) is 22.9. The number of halogens is 1. The van der Waals surface area contributed by atoms with Gasteiger partial charge in [0.15, 0.2) is 5.96 Å². The number of nitrogens with zero attached hydrogens (tertiary/aromatic N) is 3. The van der Waals surface area contributed by atoms with Crippen molar-refractivity contribution in [2.24, 2.45) is 16.8 Å². The summed E-state index contributed by atoms with van der Waals surface area (Å²) in [5.74, 6) is 4.23. The molecule has 2 aliphatic rings. The SMILES string of the molecule is CN=C(NCCCN1CC(C)CC(C)C1)NC1CCN(c2cc(OC)cc(OC)c2)CC1.I. The molecule has 2 atom stereocenters. The van der Waals surface area contributed by atoms with Crippen LogP contribution in [0.4, 0.5) is 5.69 Å². The molecule has 2 heterocycles. The molecule has 3 rings (SSSR count). The molecule has 0 amide bonds. The zero-order valence-electron chi connectivity index (χ0n) is 21.1. The van der Waals surface area contributed by atoms with Crippen LogP contribution in [0.3, 0.4) is 0 Å². The molecule has 0 spiro atoms. The maximum atomic E-state index is 5.43. The first-order chi connectivity index (χ1) is 15.5. The van der Waals surface area contributed by atoms with Gasteiger partial charge >= 0.3 is 0 Å². The zero-order valence-corrected chi connectivity index (χ0v) is 23.4. The molecule has 7 nitrogen and oxygen atoms in total. The number of anilines is 1. The fourth-order valence-corrected chi connectivity index (χ4v) is 5.13. The van der Waals surface area contributed by atoms with Crippen LogP contribution in [-0.4, -0.2) is 77.4 Å². The standard InChI is InChI=1S/C25H43N5O2.HI/c1-19-13-20(2)18-29(17-19)10-6-9-27-25(26-3)28-21-7-11-30(12-8-21)22-14-23(31-4)16-24(15-22)32-5;/h14-16,19-21H,6-13,17-18H2,1-5H3,(H2,26,27,28);1H. The summed E-state index contributed by atoms with van der Waals surface area (Å²) in [7, 11) is 5.25. The van der Waals surface area contributed by atoms with Gasteiger partial charge in [0, 0.05) is 69.7 Å². The lowest BCUT2D eigenvalue weighted by atomic mass is 9.92. The van der Waals surface area contributed by atoms with E-state index in [0.29, 0.717) is 6.04 Å². The molecule has 0 aromatic heterocycles. The Hall–Kier alpha value is -1.42. The van der Waals surface area contributed by atoms with Crippen LogP contribution < -0.4 is 25.0 Å². The summed E-state index contributed by atoms with van der Waals surface area (Å²) in [6, 6.07) is 6.52. The number of methoxy groups -OCH3 is 2. The Labute approximate surface area is 217 Å². The van der Waals surface area contributed by atoms with Crippen LogP contribution in [0, 0.1) is 11.8 Å². The summed E-state index contributed by atoms with van der Waals surface area (Å²) in [4.78, 5) is 9.48. The van der Waals surface area contributed by atoms with Crippen LogP contribution in [-0.2, 0) is 0 Å². The summed E-state index contributed by atoms with van der Waals surface area (Å²) in [5.41, 5.74) is 1.16. The van der Waals surface area contributed by atoms with Gasteiger partial charge in [-0.25, -0.2) is 0 Å². The molecular formula is C25H44IN5O2. The first-order valence-electron chi connectivity index (χ1n) is 12.2. The number of rotatable bonds is 8. The summed E-state index contributed by atoms with van der Waals surface area (Å²) in [5, 5.41) is 7.14. The highest BCUT2D eigenvalue weighted by atomic mass is 127. The molecule has 8 heteroatoms. The Morgan fingerprint density at radius 2 is 1.64 bits per heavy atom. The summed E-state index contributed by atoms with van der Waals surface area (Å²) in [6.45, 7) is 11.4. The van der Waals surface area contributed by atoms with E-state index in [1.807, 2.05) is 13.1 Å². The van der Waals surface area contributed by atoms with Gasteiger partial charge in [-0.2, -0.15) is 0 Å². The summed E-state index contributed by atoms with van der Waals surface area (Å²) >= 11 is 0. The number of hydrogen-bond acceptors (Lipinski definition) is 5. The first kappa shape index (κ1) is 27.8. The Balaban J connectivity index is 0.00000385. The van der Waals surface area contributed by atoms with Crippen LogP contribution in [0.15, 0.2) is 23.2 Å². The fourth-order valence-electron chi connectivity index (χ4n) is 5.13. The van der Waals surface area contributed by atoms with Gasteiger partial charge < -0.3 is 29.9 Å². The van der Waals surface area contributed by atoms with Gasteiger partial charge in [-0.15, -0.1) is 24.0 Å². The van der Waals surface area contributed by atoms with Gasteiger partial charge in [0.1, 0.15) is 11.5 Å². The maximum absolute atomic E-state index is 5.43. The lowest BCUT2D eigenvalue weighted by Gasteiger charge is -2.35. The summed E-state index contributed by atoms with van der Waals surface area (Å²) < 4.78 is 10.9. The minimum atomic E-state index is 0. The predicted molar refractivity (Wildman–Crippen MR) is 149 cm³/mol. The summed E-state index contributed by atoms with van der Waals surface area (Å²) in [6.07, 6.45) is 4.67. The van der Waals surface area contributed by atoms with Crippen molar-refractivity contribution < 1.29 is 9.47 Å². The minimum Gasteiger partial charge on any atom is -0.497 e. The molecule has 0 bridgehead atoms. The maximum Gasteiger partial charge on any atom is 0.191 e. The molecule has 188 valence electrons. The number of aliphatic imine (C=N–C) groups is 1. The molecule has 1 aromatic rings. The van der Waals surface area contributed by atoms with E-state index < -0.39 is 0 Å². The van der Waals surface area contributed by atoms with Crippen LogP contribution in [0.25, 0.3) is 0 Å². The van der Waals surface area contributed by atoms with Crippen molar-refractivity contribution >= 4 is 35.6 Å². The van der Waals surface area contributed by atoms with Gasteiger partial charge in [-0.3, -0.25) is 4.99 Å². The third-order valence-electron chi connectivity index (χ3n) is 6.65. The second-order valence-electron chi connectivity index (χ2n) is 9.53. The molecule has 2 saturated heterocycles. The van der Waals surface area contributed by atoms with Crippen molar-refractivity contribution in [3.05, 3.63) is 18.2 Å². The highest BCUT2D eigenvalue weighted by Gasteiger charge is 2.22. The third kappa shape index (κ3) is 8.70. The lowest BCUT2D eigenvalue weighted by molar-refractivity contribution is 0.140. The van der Waals surface area contributed by atoms with E-state index in [1.54, 1.807) is 14.2 Å². The molecule has 0 aliphatic carbocycles. The van der Waals surface area contributed by atoms with E-state index in [0.717, 1.165) is 73.9 Å². The Morgan fingerprint density at radius 1 is 1.03 bits per heavy atom. The molecule has 2 unspecified atom stereocenters. The number of nitrogens with one attached hydrogen (secondary N) is 2. The van der Waals surface area contributed by atoms with Crippen molar-refractivity contribution in [1.29, 1.82) is 0 Å². The molecule has 0 saturated carbocycles. The average Bonchev–Trinajstić information content (AvgIpc) is 2.80. The lowest BCUT2D eigenvalue weighted by Crippen LogP contribution is -2.49. The smallest absolute Gasteiger partial charge is 0.191 e. The molecule has 2 aliphatic heterocycles. The third-order valence-corrected chi connectivity index (χ3v) is 6.65. The predicted octanol–water partition coefficient (Wildman–Crippen LogP) is 3.82. The van der Waals surface area contributed by atoms with E-state index in [4.69, 9.17) is 9.47 Å². The van der Waals surface area contributed by atoms with Gasteiger partial charge in [0.25, 0.3) is 0 Å². The monoisotopic (exact) mass is 573 g/mol. The van der Waals surface area contributed by atoms with Crippen LogP contribution in [0.2, 0.25) is 0 Å². The van der Waals surface area contributed by atoms with Crippen LogP contribution in [0.5, 0.6) is 11.5 Å². The van der Waals surface area contributed by atoms with Crippen molar-refractivity contribution in [3.8, 4) is 11.5 Å². The van der Waals surface area contributed by atoms with E-state index >= 15 is 0 Å². The second kappa shape index (κ2) is 14.1. The second-order valence-corrected chi connectivity index (χ2v) is 9.53. The van der Waals surface area contributed by atoms with E-state index in [2.05, 4.69) is 51.4 Å². The number of piperidine rings is 2. The number of ether oxygens (including phenoxy) is 2. The van der Waals surface area contributed by atoms with Crippen molar-refractivity contribution in [2.45, 2.75) is 45.6 Å². The first-order valence-corrected chi connectivity index (χ1v) is 12.2. The topological polar surface area (TPSA) is 61.4 Å². The van der Waals surface area contributed by atoms with E-state index in [-0.39, 0.29) is 24.0 Å². The molecular weight excluding hydrogens is 529 g/mol. The largest absolute Gasteiger partial charge is 0.497 e. The highest BCUT2D eigenvalue weighted by Crippen LogP contribution is 2.30. The van der Waals surface area contributed by atoms with E-state index in [1.165, 1.54) is 26.1 Å². The molecule has 1 aromatic carbocycles. The molecule has 33 heavy (non-hydrogen) atoms. The average molecular weight is 574 g/mol. The fraction of sp³-hybridized carbons (Fsp3) is 0.720. The van der Waals surface area contributed by atoms with Gasteiger partial charge in [0.2, 0.25) is 0 Å². The van der Waals surface area contributed by atoms with Gasteiger partial charge in [-0.05, 0) is 44.1 Å². The van der Waals surface area contributed by atoms with Gasteiger partial charge in [-0.1, -0.05) is 13.8 Å². The van der Waals surface area contributed by atoms with Gasteiger partial charge in [0.05, 0.1) is 14.2 Å². The molecule has 0 radical (unpaired) electrons. The van der Waals surface area contributed by atoms with Crippen molar-refractivity contribution in [3.63, 3.8) is 0 Å². The number of hydrogen-bond donors (Lipinski definition) is 2. The van der Waals surface area contributed by atoms with Crippen LogP contribution >= 0.6 is 24.0 Å². The van der Waals surface area contributed by atoms with Crippen molar-refractivity contribution in [2.75, 3.05) is 65.4 Å². The molecule has 2 N–H and O–H groups in total. The minimum absolute atomic E-state index is 0. The quantitative estimate of drug-likeness (QED) is 0.214. The molecule has 2 fully saturated rings. The van der Waals surface area contributed by atoms with Crippen molar-refractivity contribution in [1.82, 2.24) is 15.5 Å². The Kier molecular flexibility index (Phi) is 11.9. The highest BCUT2D eigenvalue weighted by molar-refractivity contribution is 14.0. The Bertz CT molecular complexity index is 707. The Morgan fingerprint density at radius 3 is 2.18 bits per heavy atom. The number of likely N-dealkylation sites (tertiary alicyclic amines) is 1. The number of benzene rings is 1. The normalized spacial score (nSPS) is 22.5.